The van der Waals surface area contributed by atoms with Gasteiger partial charge in [-0.2, -0.15) is 5.10 Å². The number of aliphatic hydroxyl groups is 1. The first-order valence-corrected chi connectivity index (χ1v) is 9.42. The molecule has 1 fully saturated rings. The summed E-state index contributed by atoms with van der Waals surface area (Å²) in [6, 6.07) is 8.73. The number of hydrogen-bond acceptors (Lipinski definition) is 4. The Kier molecular flexibility index (Phi) is 5.40. The van der Waals surface area contributed by atoms with E-state index in [1.807, 2.05) is 26.0 Å². The quantitative estimate of drug-likeness (QED) is 0.823. The number of aromatic nitrogens is 2. The first-order chi connectivity index (χ1) is 12.6. The molecule has 1 aromatic carbocycles. The maximum absolute atomic E-state index is 12.5. The molecular formula is C20H24ClN3O3. The molecule has 144 valence electrons. The molecule has 7 heteroatoms. The van der Waals surface area contributed by atoms with Gasteiger partial charge < -0.3 is 10.4 Å². The largest absolute Gasteiger partial charge is 0.390 e. The van der Waals surface area contributed by atoms with Crippen LogP contribution in [0.15, 0.2) is 35.1 Å². The first kappa shape index (κ1) is 19.6. The van der Waals surface area contributed by atoms with Crippen molar-refractivity contribution in [2.24, 2.45) is 0 Å². The molecule has 0 saturated heterocycles. The van der Waals surface area contributed by atoms with E-state index in [0.717, 1.165) is 16.8 Å². The molecule has 1 saturated carbocycles. The average Bonchev–Trinajstić information content (AvgIpc) is 2.54. The Balaban J connectivity index is 1.84. The SMILES string of the molecule is CC(C)c1nn(CC(=O)N[C@H]2C[C@](C)(O)C2)c(=O)cc1-c1cccc(Cl)c1. The Hall–Kier alpha value is -2.18. The van der Waals surface area contributed by atoms with Crippen LogP contribution < -0.4 is 10.9 Å². The Morgan fingerprint density at radius 2 is 2.11 bits per heavy atom. The van der Waals surface area contributed by atoms with Crippen LogP contribution in [0.2, 0.25) is 5.02 Å². The highest BCUT2D eigenvalue weighted by Gasteiger charge is 2.39. The van der Waals surface area contributed by atoms with Crippen LogP contribution in [0.1, 0.15) is 45.2 Å². The summed E-state index contributed by atoms with van der Waals surface area (Å²) in [5.41, 5.74) is 1.23. The summed E-state index contributed by atoms with van der Waals surface area (Å²) in [5, 5.41) is 17.6. The highest BCUT2D eigenvalue weighted by Crippen LogP contribution is 2.31. The molecule has 1 aliphatic rings. The normalized spacial score (nSPS) is 21.8. The van der Waals surface area contributed by atoms with Crippen molar-refractivity contribution in [1.29, 1.82) is 0 Å². The van der Waals surface area contributed by atoms with Crippen LogP contribution in [0.5, 0.6) is 0 Å². The topological polar surface area (TPSA) is 84.2 Å². The van der Waals surface area contributed by atoms with Gasteiger partial charge in [0.25, 0.3) is 5.56 Å². The van der Waals surface area contributed by atoms with E-state index in [9.17, 15) is 14.7 Å². The van der Waals surface area contributed by atoms with Crippen LogP contribution in [-0.2, 0) is 11.3 Å². The molecule has 27 heavy (non-hydrogen) atoms. The fourth-order valence-electron chi connectivity index (χ4n) is 3.45. The van der Waals surface area contributed by atoms with Gasteiger partial charge in [-0.1, -0.05) is 37.6 Å². The van der Waals surface area contributed by atoms with E-state index < -0.39 is 5.60 Å². The van der Waals surface area contributed by atoms with Crippen molar-refractivity contribution in [2.75, 3.05) is 0 Å². The molecule has 0 spiro atoms. The number of halogens is 1. The molecule has 0 unspecified atom stereocenters. The lowest BCUT2D eigenvalue weighted by Crippen LogP contribution is -2.54. The molecule has 1 aliphatic carbocycles. The third-order valence-electron chi connectivity index (χ3n) is 4.74. The number of carbonyl (C=O) groups is 1. The second kappa shape index (κ2) is 7.44. The standard InChI is InChI=1S/C20H24ClN3O3/c1-12(2)19-16(13-5-4-6-14(21)7-13)8-18(26)24(23-19)11-17(25)22-15-9-20(3,27)10-15/h4-8,12,15,27H,9-11H2,1-3H3,(H,22,25)/t15-,20-. The van der Waals surface area contributed by atoms with Gasteiger partial charge in [-0.25, -0.2) is 4.68 Å². The number of nitrogens with zero attached hydrogens (tertiary/aromatic N) is 2. The number of benzene rings is 1. The second-order valence-corrected chi connectivity index (χ2v) is 8.21. The average molecular weight is 390 g/mol. The lowest BCUT2D eigenvalue weighted by Gasteiger charge is -2.41. The molecule has 0 aliphatic heterocycles. The summed E-state index contributed by atoms with van der Waals surface area (Å²) in [6.45, 7) is 5.57. The lowest BCUT2D eigenvalue weighted by molar-refractivity contribution is -0.125. The Morgan fingerprint density at radius 1 is 1.41 bits per heavy atom. The van der Waals surface area contributed by atoms with Gasteiger partial charge in [0.1, 0.15) is 6.54 Å². The molecule has 0 bridgehead atoms. The van der Waals surface area contributed by atoms with Gasteiger partial charge in [0, 0.05) is 22.7 Å². The van der Waals surface area contributed by atoms with E-state index in [4.69, 9.17) is 11.6 Å². The summed E-state index contributed by atoms with van der Waals surface area (Å²) in [5.74, 6) is -0.217. The molecule has 0 radical (unpaired) electrons. The van der Waals surface area contributed by atoms with Crippen LogP contribution in [0.4, 0.5) is 0 Å². The third-order valence-corrected chi connectivity index (χ3v) is 4.97. The van der Waals surface area contributed by atoms with Gasteiger partial charge in [-0.15, -0.1) is 0 Å². The number of hydrogen-bond donors (Lipinski definition) is 2. The van der Waals surface area contributed by atoms with Crippen LogP contribution in [0.25, 0.3) is 11.1 Å². The second-order valence-electron chi connectivity index (χ2n) is 7.77. The van der Waals surface area contributed by atoms with Gasteiger partial charge in [0.05, 0.1) is 11.3 Å². The molecule has 1 amide bonds. The van der Waals surface area contributed by atoms with Crippen molar-refractivity contribution >= 4 is 17.5 Å². The molecule has 2 aromatic rings. The van der Waals surface area contributed by atoms with E-state index in [1.165, 1.54) is 10.7 Å². The molecule has 0 atom stereocenters. The van der Waals surface area contributed by atoms with Crippen LogP contribution >= 0.6 is 11.6 Å². The minimum absolute atomic E-state index is 0.0569. The molecule has 2 N–H and O–H groups in total. The molecule has 1 aromatic heterocycles. The summed E-state index contributed by atoms with van der Waals surface area (Å²) in [6.07, 6.45) is 1.04. The third kappa shape index (κ3) is 4.57. The van der Waals surface area contributed by atoms with Gasteiger partial charge in [0.15, 0.2) is 0 Å². The van der Waals surface area contributed by atoms with Crippen molar-refractivity contribution in [3.63, 3.8) is 0 Å². The highest BCUT2D eigenvalue weighted by molar-refractivity contribution is 6.30. The van der Waals surface area contributed by atoms with Crippen LogP contribution in [-0.4, -0.2) is 32.4 Å². The Bertz CT molecular complexity index is 913. The smallest absolute Gasteiger partial charge is 0.267 e. The summed E-state index contributed by atoms with van der Waals surface area (Å²) < 4.78 is 1.19. The van der Waals surface area contributed by atoms with E-state index in [1.54, 1.807) is 19.1 Å². The molecule has 6 nitrogen and oxygen atoms in total. The molecule has 1 heterocycles. The highest BCUT2D eigenvalue weighted by atomic mass is 35.5. The number of nitrogens with one attached hydrogen (secondary N) is 1. The predicted molar refractivity (Wildman–Crippen MR) is 105 cm³/mol. The van der Waals surface area contributed by atoms with Gasteiger partial charge in [0.2, 0.25) is 5.91 Å². The van der Waals surface area contributed by atoms with Gasteiger partial charge in [-0.3, -0.25) is 9.59 Å². The summed E-state index contributed by atoms with van der Waals surface area (Å²) in [7, 11) is 0. The van der Waals surface area contributed by atoms with Crippen molar-refractivity contribution < 1.29 is 9.90 Å². The molecular weight excluding hydrogens is 366 g/mol. The molecule has 3 rings (SSSR count). The first-order valence-electron chi connectivity index (χ1n) is 9.04. The Labute approximate surface area is 163 Å². The summed E-state index contributed by atoms with van der Waals surface area (Å²) >= 11 is 6.08. The Morgan fingerprint density at radius 3 is 2.70 bits per heavy atom. The lowest BCUT2D eigenvalue weighted by atomic mass is 9.77. The van der Waals surface area contributed by atoms with Crippen molar-refractivity contribution in [2.45, 2.75) is 57.7 Å². The van der Waals surface area contributed by atoms with Crippen molar-refractivity contribution in [3.8, 4) is 11.1 Å². The number of rotatable bonds is 5. The zero-order valence-electron chi connectivity index (χ0n) is 15.7. The number of amides is 1. The minimum atomic E-state index is -0.712. The minimum Gasteiger partial charge on any atom is -0.390 e. The van der Waals surface area contributed by atoms with Crippen LogP contribution in [0.3, 0.4) is 0 Å². The van der Waals surface area contributed by atoms with Crippen LogP contribution in [0, 0.1) is 0 Å². The monoisotopic (exact) mass is 389 g/mol. The fourth-order valence-corrected chi connectivity index (χ4v) is 3.64. The van der Waals surface area contributed by atoms with Gasteiger partial charge >= 0.3 is 0 Å². The van der Waals surface area contributed by atoms with Gasteiger partial charge in [-0.05, 0) is 43.4 Å². The van der Waals surface area contributed by atoms with Crippen molar-refractivity contribution in [3.05, 3.63) is 51.4 Å². The zero-order valence-corrected chi connectivity index (χ0v) is 16.5. The van der Waals surface area contributed by atoms with E-state index in [0.29, 0.717) is 17.9 Å². The maximum Gasteiger partial charge on any atom is 0.267 e. The van der Waals surface area contributed by atoms with E-state index >= 15 is 0 Å². The predicted octanol–water partition coefficient (Wildman–Crippen LogP) is 2.72. The van der Waals surface area contributed by atoms with E-state index in [-0.39, 0.29) is 30.0 Å². The zero-order chi connectivity index (χ0) is 19.8. The van der Waals surface area contributed by atoms with Crippen molar-refractivity contribution in [1.82, 2.24) is 15.1 Å². The maximum atomic E-state index is 12.5. The van der Waals surface area contributed by atoms with E-state index in [2.05, 4.69) is 10.4 Å². The summed E-state index contributed by atoms with van der Waals surface area (Å²) in [4.78, 5) is 24.8. The fraction of sp³-hybridized carbons (Fsp3) is 0.450. The number of carbonyl (C=O) groups excluding carboxylic acids is 1.